The first-order chi connectivity index (χ1) is 9.26. The number of benzene rings is 1. The molecule has 1 aliphatic rings. The third kappa shape index (κ3) is 2.54. The SMILES string of the molecule is Cc1cc(F)c(N)c(C)c1S(=O)(=O)N1CCSCC1C. The van der Waals surface area contributed by atoms with Crippen LogP contribution in [0.2, 0.25) is 0 Å². The van der Waals surface area contributed by atoms with Gasteiger partial charge in [-0.2, -0.15) is 16.1 Å². The van der Waals surface area contributed by atoms with Gasteiger partial charge in [-0.3, -0.25) is 0 Å². The summed E-state index contributed by atoms with van der Waals surface area (Å²) in [6.45, 7) is 5.53. The second kappa shape index (κ2) is 5.54. The maximum Gasteiger partial charge on any atom is 0.243 e. The molecule has 4 nitrogen and oxygen atoms in total. The Bertz CT molecular complexity index is 632. The largest absolute Gasteiger partial charge is 0.396 e. The molecule has 112 valence electrons. The number of hydrogen-bond donors (Lipinski definition) is 1. The average Bonchev–Trinajstić information content (AvgIpc) is 2.36. The molecule has 0 saturated carbocycles. The van der Waals surface area contributed by atoms with Gasteiger partial charge in [0.15, 0.2) is 0 Å². The second-order valence-electron chi connectivity index (χ2n) is 5.08. The number of aryl methyl sites for hydroxylation is 1. The van der Waals surface area contributed by atoms with Crippen LogP contribution in [0.5, 0.6) is 0 Å². The molecule has 2 N–H and O–H groups in total. The monoisotopic (exact) mass is 318 g/mol. The minimum atomic E-state index is -3.64. The number of anilines is 1. The predicted octanol–water partition coefficient (Wildman–Crippen LogP) is 2.15. The predicted molar refractivity (Wildman–Crippen MR) is 81.0 cm³/mol. The van der Waals surface area contributed by atoms with E-state index in [1.54, 1.807) is 25.6 Å². The Morgan fingerprint density at radius 1 is 1.45 bits per heavy atom. The quantitative estimate of drug-likeness (QED) is 0.849. The van der Waals surface area contributed by atoms with E-state index in [-0.39, 0.29) is 16.6 Å². The van der Waals surface area contributed by atoms with E-state index in [9.17, 15) is 12.8 Å². The lowest BCUT2D eigenvalue weighted by molar-refractivity contribution is 0.367. The van der Waals surface area contributed by atoms with E-state index in [0.29, 0.717) is 17.7 Å². The zero-order valence-electron chi connectivity index (χ0n) is 11.8. The fraction of sp³-hybridized carbons (Fsp3) is 0.538. The summed E-state index contributed by atoms with van der Waals surface area (Å²) in [7, 11) is -3.64. The van der Waals surface area contributed by atoms with Gasteiger partial charge in [0.1, 0.15) is 5.82 Å². The van der Waals surface area contributed by atoms with Gasteiger partial charge in [-0.1, -0.05) is 0 Å². The summed E-state index contributed by atoms with van der Waals surface area (Å²) in [6.07, 6.45) is 0. The minimum absolute atomic E-state index is 0.0659. The fourth-order valence-electron chi connectivity index (χ4n) is 2.51. The molecule has 0 spiro atoms. The van der Waals surface area contributed by atoms with Crippen LogP contribution in [0, 0.1) is 19.7 Å². The van der Waals surface area contributed by atoms with Crippen molar-refractivity contribution in [3.8, 4) is 0 Å². The molecule has 0 aliphatic carbocycles. The molecule has 1 aliphatic heterocycles. The Kier molecular flexibility index (Phi) is 4.32. The van der Waals surface area contributed by atoms with Crippen LogP contribution in [0.15, 0.2) is 11.0 Å². The lowest BCUT2D eigenvalue weighted by Gasteiger charge is -2.33. The maximum absolute atomic E-state index is 13.6. The van der Waals surface area contributed by atoms with Crippen LogP contribution in [0.1, 0.15) is 18.1 Å². The molecule has 1 fully saturated rings. The fourth-order valence-corrected chi connectivity index (χ4v) is 5.81. The van der Waals surface area contributed by atoms with Gasteiger partial charge in [0.2, 0.25) is 10.0 Å². The van der Waals surface area contributed by atoms with E-state index in [1.807, 2.05) is 6.92 Å². The Balaban J connectivity index is 2.58. The Morgan fingerprint density at radius 2 is 2.10 bits per heavy atom. The van der Waals surface area contributed by atoms with E-state index in [2.05, 4.69) is 0 Å². The zero-order chi connectivity index (χ0) is 15.1. The van der Waals surface area contributed by atoms with Crippen LogP contribution in [0.3, 0.4) is 0 Å². The number of rotatable bonds is 2. The third-order valence-corrected chi connectivity index (χ3v) is 7.07. The van der Waals surface area contributed by atoms with Crippen molar-refractivity contribution in [3.05, 3.63) is 23.0 Å². The molecule has 1 unspecified atom stereocenters. The van der Waals surface area contributed by atoms with Crippen molar-refractivity contribution in [1.82, 2.24) is 4.31 Å². The van der Waals surface area contributed by atoms with Crippen LogP contribution in [-0.4, -0.2) is 36.8 Å². The summed E-state index contributed by atoms with van der Waals surface area (Å²) in [6, 6.07) is 1.13. The van der Waals surface area contributed by atoms with Crippen molar-refractivity contribution in [3.63, 3.8) is 0 Å². The smallest absolute Gasteiger partial charge is 0.243 e. The summed E-state index contributed by atoms with van der Waals surface area (Å²) in [5.41, 5.74) is 6.26. The molecule has 2 rings (SSSR count). The van der Waals surface area contributed by atoms with Crippen LogP contribution in [-0.2, 0) is 10.0 Å². The Labute approximate surface area is 123 Å². The highest BCUT2D eigenvalue weighted by molar-refractivity contribution is 7.99. The lowest BCUT2D eigenvalue weighted by Crippen LogP contribution is -2.44. The summed E-state index contributed by atoms with van der Waals surface area (Å²) < 4.78 is 40.8. The van der Waals surface area contributed by atoms with E-state index in [1.165, 1.54) is 10.4 Å². The molecule has 1 heterocycles. The van der Waals surface area contributed by atoms with Gasteiger partial charge in [-0.25, -0.2) is 12.8 Å². The molecule has 1 aromatic carbocycles. The number of nitrogens with zero attached hydrogens (tertiary/aromatic N) is 1. The van der Waals surface area contributed by atoms with Gasteiger partial charge in [0.05, 0.1) is 10.6 Å². The highest BCUT2D eigenvalue weighted by Crippen LogP contribution is 2.32. The molecule has 0 aromatic heterocycles. The van der Waals surface area contributed by atoms with Gasteiger partial charge in [-0.05, 0) is 38.0 Å². The Morgan fingerprint density at radius 3 is 2.70 bits per heavy atom. The van der Waals surface area contributed by atoms with Crippen molar-refractivity contribution in [2.45, 2.75) is 31.7 Å². The molecular weight excluding hydrogens is 299 g/mol. The van der Waals surface area contributed by atoms with E-state index < -0.39 is 15.8 Å². The molecule has 0 amide bonds. The summed E-state index contributed by atoms with van der Waals surface area (Å²) >= 11 is 1.74. The summed E-state index contributed by atoms with van der Waals surface area (Å²) in [4.78, 5) is 0.148. The third-order valence-electron chi connectivity index (χ3n) is 3.58. The summed E-state index contributed by atoms with van der Waals surface area (Å²) in [5, 5.41) is 0. The Hall–Kier alpha value is -0.790. The van der Waals surface area contributed by atoms with Crippen LogP contribution in [0.4, 0.5) is 10.1 Å². The first kappa shape index (κ1) is 15.6. The molecule has 1 saturated heterocycles. The van der Waals surface area contributed by atoms with Crippen LogP contribution < -0.4 is 5.73 Å². The number of sulfonamides is 1. The van der Waals surface area contributed by atoms with Crippen molar-refractivity contribution in [2.75, 3.05) is 23.8 Å². The standard InChI is InChI=1S/C13H19FN2O2S2/c1-8-6-11(14)12(15)10(3)13(8)20(17,18)16-4-5-19-7-9(16)2/h6,9H,4-5,7,15H2,1-3H3. The van der Waals surface area contributed by atoms with Gasteiger partial charge in [-0.15, -0.1) is 0 Å². The summed E-state index contributed by atoms with van der Waals surface area (Å²) in [5.74, 6) is 0.980. The van der Waals surface area contributed by atoms with Gasteiger partial charge >= 0.3 is 0 Å². The minimum Gasteiger partial charge on any atom is -0.396 e. The van der Waals surface area contributed by atoms with E-state index in [0.717, 1.165) is 11.5 Å². The number of nitrogens with two attached hydrogens (primary N) is 1. The number of thioether (sulfide) groups is 1. The van der Waals surface area contributed by atoms with Gasteiger partial charge < -0.3 is 5.73 Å². The van der Waals surface area contributed by atoms with Crippen LogP contribution >= 0.6 is 11.8 Å². The number of nitrogen functional groups attached to an aromatic ring is 1. The molecule has 7 heteroatoms. The van der Waals surface area contributed by atoms with Crippen molar-refractivity contribution in [2.24, 2.45) is 0 Å². The van der Waals surface area contributed by atoms with E-state index >= 15 is 0 Å². The van der Waals surface area contributed by atoms with Crippen molar-refractivity contribution < 1.29 is 12.8 Å². The van der Waals surface area contributed by atoms with Crippen LogP contribution in [0.25, 0.3) is 0 Å². The van der Waals surface area contributed by atoms with Crippen molar-refractivity contribution >= 4 is 27.5 Å². The highest BCUT2D eigenvalue weighted by Gasteiger charge is 2.34. The van der Waals surface area contributed by atoms with Gasteiger partial charge in [0, 0.05) is 24.1 Å². The molecule has 20 heavy (non-hydrogen) atoms. The second-order valence-corrected chi connectivity index (χ2v) is 8.06. The zero-order valence-corrected chi connectivity index (χ0v) is 13.4. The number of halogens is 1. The number of hydrogen-bond acceptors (Lipinski definition) is 4. The molecule has 0 radical (unpaired) electrons. The van der Waals surface area contributed by atoms with E-state index in [4.69, 9.17) is 5.73 Å². The first-order valence-corrected chi connectivity index (χ1v) is 9.01. The molecule has 0 bridgehead atoms. The van der Waals surface area contributed by atoms with Gasteiger partial charge in [0.25, 0.3) is 0 Å². The normalized spacial score (nSPS) is 21.1. The molecular formula is C13H19FN2O2S2. The first-order valence-electron chi connectivity index (χ1n) is 6.41. The highest BCUT2D eigenvalue weighted by atomic mass is 32.2. The molecule has 1 atom stereocenters. The average molecular weight is 318 g/mol. The topological polar surface area (TPSA) is 63.4 Å². The maximum atomic E-state index is 13.6. The lowest BCUT2D eigenvalue weighted by atomic mass is 10.1. The molecule has 1 aromatic rings. The van der Waals surface area contributed by atoms with Crippen molar-refractivity contribution in [1.29, 1.82) is 0 Å².